The molecule has 3 aromatic rings. The number of nitrogens with zero attached hydrogens (tertiary/aromatic N) is 3. The first kappa shape index (κ1) is 18.6. The van der Waals surface area contributed by atoms with E-state index in [2.05, 4.69) is 36.2 Å². The van der Waals surface area contributed by atoms with Crippen LogP contribution in [0, 0.1) is 6.92 Å². The molecular formula is C21H21N3O3S. The number of carbonyl (C=O) groups is 1. The van der Waals surface area contributed by atoms with Crippen LogP contribution in [-0.2, 0) is 6.54 Å². The quantitative estimate of drug-likeness (QED) is 0.464. The van der Waals surface area contributed by atoms with Crippen molar-refractivity contribution >= 4 is 17.5 Å². The number of ketones is 1. The van der Waals surface area contributed by atoms with Gasteiger partial charge in [-0.3, -0.25) is 4.79 Å². The van der Waals surface area contributed by atoms with E-state index in [1.165, 1.54) is 17.3 Å². The Labute approximate surface area is 167 Å². The first-order valence-corrected chi connectivity index (χ1v) is 10.2. The van der Waals surface area contributed by atoms with Crippen LogP contribution in [0.15, 0.2) is 47.6 Å². The number of aryl methyl sites for hydroxylation is 1. The number of hydrogen-bond acceptors (Lipinski definition) is 6. The van der Waals surface area contributed by atoms with Gasteiger partial charge in [0.25, 0.3) is 0 Å². The molecule has 4 rings (SSSR count). The normalized spacial score (nSPS) is 12.8. The highest BCUT2D eigenvalue weighted by atomic mass is 32.2. The van der Waals surface area contributed by atoms with Crippen molar-refractivity contribution in [1.82, 2.24) is 14.8 Å². The van der Waals surface area contributed by atoms with Crippen LogP contribution >= 0.6 is 11.8 Å². The van der Waals surface area contributed by atoms with Crippen LogP contribution in [0.2, 0.25) is 0 Å². The number of ether oxygens (including phenoxy) is 2. The lowest BCUT2D eigenvalue weighted by molar-refractivity contribution is 0.102. The van der Waals surface area contributed by atoms with Gasteiger partial charge in [0.15, 0.2) is 28.3 Å². The van der Waals surface area contributed by atoms with E-state index in [1.54, 1.807) is 18.2 Å². The molecule has 2 aromatic carbocycles. The largest absolute Gasteiger partial charge is 0.486 e. The Hall–Kier alpha value is -2.80. The van der Waals surface area contributed by atoms with Crippen molar-refractivity contribution < 1.29 is 14.3 Å². The molecule has 7 heteroatoms. The van der Waals surface area contributed by atoms with E-state index in [4.69, 9.17) is 9.47 Å². The highest BCUT2D eigenvalue weighted by Gasteiger charge is 2.18. The Morgan fingerprint density at radius 1 is 1.11 bits per heavy atom. The molecule has 0 bridgehead atoms. The molecule has 0 amide bonds. The predicted molar refractivity (Wildman–Crippen MR) is 108 cm³/mol. The highest BCUT2D eigenvalue weighted by Crippen LogP contribution is 2.31. The second-order valence-corrected chi connectivity index (χ2v) is 7.43. The Kier molecular flexibility index (Phi) is 5.34. The second kappa shape index (κ2) is 8.06. The van der Waals surface area contributed by atoms with Crippen LogP contribution in [0.1, 0.15) is 22.8 Å². The van der Waals surface area contributed by atoms with Crippen LogP contribution in [0.25, 0.3) is 11.4 Å². The maximum Gasteiger partial charge on any atom is 0.191 e. The second-order valence-electron chi connectivity index (χ2n) is 6.49. The van der Waals surface area contributed by atoms with Crippen molar-refractivity contribution in [2.24, 2.45) is 0 Å². The molecule has 0 fully saturated rings. The van der Waals surface area contributed by atoms with E-state index < -0.39 is 0 Å². The maximum atomic E-state index is 12.7. The highest BCUT2D eigenvalue weighted by molar-refractivity contribution is 7.99. The maximum absolute atomic E-state index is 12.7. The van der Waals surface area contributed by atoms with Gasteiger partial charge in [-0.05, 0) is 38.1 Å². The van der Waals surface area contributed by atoms with Crippen LogP contribution < -0.4 is 9.47 Å². The zero-order valence-electron chi connectivity index (χ0n) is 15.8. The Balaban J connectivity index is 1.50. The van der Waals surface area contributed by atoms with Crippen molar-refractivity contribution in [3.8, 4) is 22.9 Å². The number of Topliss-reactive ketones (excluding diaryl/α,β-unsaturated/α-hetero) is 1. The fraction of sp³-hybridized carbons (Fsp3) is 0.286. The molecule has 2 heterocycles. The standard InChI is InChI=1S/C21H21N3O3S/c1-3-24-20(16-6-4-5-14(2)11-16)22-23-21(24)28-13-17(25)15-7-8-18-19(12-15)27-10-9-26-18/h4-8,11-12H,3,9-10,13H2,1-2H3. The molecule has 6 nitrogen and oxygen atoms in total. The zero-order chi connectivity index (χ0) is 19.5. The fourth-order valence-corrected chi connectivity index (χ4v) is 4.01. The Morgan fingerprint density at radius 2 is 1.93 bits per heavy atom. The minimum Gasteiger partial charge on any atom is -0.486 e. The van der Waals surface area contributed by atoms with Crippen LogP contribution in [0.3, 0.4) is 0 Å². The van der Waals surface area contributed by atoms with Gasteiger partial charge in [-0.1, -0.05) is 35.5 Å². The average molecular weight is 395 g/mol. The molecule has 0 N–H and O–H groups in total. The third-order valence-corrected chi connectivity index (χ3v) is 5.47. The summed E-state index contributed by atoms with van der Waals surface area (Å²) >= 11 is 1.40. The van der Waals surface area contributed by atoms with Gasteiger partial charge in [0, 0.05) is 17.7 Å². The minimum absolute atomic E-state index is 0.0183. The first-order valence-electron chi connectivity index (χ1n) is 9.21. The van der Waals surface area contributed by atoms with Gasteiger partial charge in [0.05, 0.1) is 5.75 Å². The molecule has 1 aliphatic heterocycles. The van der Waals surface area contributed by atoms with Crippen molar-refractivity contribution in [2.75, 3.05) is 19.0 Å². The molecule has 0 radical (unpaired) electrons. The lowest BCUT2D eigenvalue weighted by atomic mass is 10.1. The van der Waals surface area contributed by atoms with Gasteiger partial charge in [-0.15, -0.1) is 10.2 Å². The van der Waals surface area contributed by atoms with Crippen LogP contribution in [0.5, 0.6) is 11.5 Å². The van der Waals surface area contributed by atoms with E-state index in [1.807, 2.05) is 16.7 Å². The zero-order valence-corrected chi connectivity index (χ0v) is 16.7. The molecule has 1 aromatic heterocycles. The summed E-state index contributed by atoms with van der Waals surface area (Å²) in [6.45, 7) is 5.87. The molecular weight excluding hydrogens is 374 g/mol. The summed E-state index contributed by atoms with van der Waals surface area (Å²) in [5.74, 6) is 2.43. The van der Waals surface area contributed by atoms with Gasteiger partial charge >= 0.3 is 0 Å². The summed E-state index contributed by atoms with van der Waals surface area (Å²) in [5, 5.41) is 9.40. The molecule has 1 aliphatic rings. The number of rotatable bonds is 6. The van der Waals surface area contributed by atoms with Gasteiger partial charge in [-0.2, -0.15) is 0 Å². The number of thioether (sulfide) groups is 1. The third kappa shape index (κ3) is 3.75. The van der Waals surface area contributed by atoms with E-state index in [0.29, 0.717) is 30.3 Å². The average Bonchev–Trinajstić information content (AvgIpc) is 3.14. The number of aromatic nitrogens is 3. The van der Waals surface area contributed by atoms with Crippen LogP contribution in [0.4, 0.5) is 0 Å². The smallest absolute Gasteiger partial charge is 0.191 e. The molecule has 0 saturated heterocycles. The first-order chi connectivity index (χ1) is 13.7. The summed E-state index contributed by atoms with van der Waals surface area (Å²) in [6.07, 6.45) is 0. The molecule has 144 valence electrons. The number of benzene rings is 2. The van der Waals surface area contributed by atoms with Gasteiger partial charge in [0.1, 0.15) is 13.2 Å². The van der Waals surface area contributed by atoms with Crippen molar-refractivity contribution in [2.45, 2.75) is 25.5 Å². The van der Waals surface area contributed by atoms with Crippen molar-refractivity contribution in [3.05, 3.63) is 53.6 Å². The summed E-state index contributed by atoms with van der Waals surface area (Å²) in [6, 6.07) is 13.5. The summed E-state index contributed by atoms with van der Waals surface area (Å²) in [4.78, 5) is 12.7. The van der Waals surface area contributed by atoms with E-state index in [0.717, 1.165) is 23.1 Å². The SMILES string of the molecule is CCn1c(SCC(=O)c2ccc3c(c2)OCCO3)nnc1-c1cccc(C)c1. The van der Waals surface area contributed by atoms with E-state index in [-0.39, 0.29) is 11.5 Å². The number of hydrogen-bond donors (Lipinski definition) is 0. The summed E-state index contributed by atoms with van der Waals surface area (Å²) < 4.78 is 13.1. The molecule has 0 saturated carbocycles. The monoisotopic (exact) mass is 395 g/mol. The van der Waals surface area contributed by atoms with Crippen molar-refractivity contribution in [1.29, 1.82) is 0 Å². The Bertz CT molecular complexity index is 1020. The van der Waals surface area contributed by atoms with E-state index >= 15 is 0 Å². The third-order valence-electron chi connectivity index (χ3n) is 4.51. The Morgan fingerprint density at radius 3 is 2.71 bits per heavy atom. The lowest BCUT2D eigenvalue weighted by Gasteiger charge is -2.18. The van der Waals surface area contributed by atoms with E-state index in [9.17, 15) is 4.79 Å². The van der Waals surface area contributed by atoms with Crippen LogP contribution in [-0.4, -0.2) is 39.5 Å². The molecule has 0 unspecified atom stereocenters. The molecule has 0 atom stereocenters. The van der Waals surface area contributed by atoms with Gasteiger partial charge in [-0.25, -0.2) is 0 Å². The topological polar surface area (TPSA) is 66.2 Å². The predicted octanol–water partition coefficient (Wildman–Crippen LogP) is 4.02. The summed E-state index contributed by atoms with van der Waals surface area (Å²) in [7, 11) is 0. The van der Waals surface area contributed by atoms with Crippen molar-refractivity contribution in [3.63, 3.8) is 0 Å². The van der Waals surface area contributed by atoms with Gasteiger partial charge in [0.2, 0.25) is 0 Å². The lowest BCUT2D eigenvalue weighted by Crippen LogP contribution is -2.16. The number of fused-ring (bicyclic) bond motifs is 1. The molecule has 0 spiro atoms. The molecule has 0 aliphatic carbocycles. The molecule has 28 heavy (non-hydrogen) atoms. The fourth-order valence-electron chi connectivity index (χ4n) is 3.11. The number of carbonyl (C=O) groups excluding carboxylic acids is 1. The van der Waals surface area contributed by atoms with Gasteiger partial charge < -0.3 is 14.0 Å². The minimum atomic E-state index is 0.0183. The summed E-state index contributed by atoms with van der Waals surface area (Å²) in [5.41, 5.74) is 2.81.